The molecule has 0 saturated carbocycles. The monoisotopic (exact) mass is 348 g/mol. The van der Waals surface area contributed by atoms with Gasteiger partial charge in [0.1, 0.15) is 18.0 Å². The van der Waals surface area contributed by atoms with Crippen LogP contribution < -0.4 is 5.32 Å². The van der Waals surface area contributed by atoms with Gasteiger partial charge in [0, 0.05) is 51.4 Å². The Labute approximate surface area is 146 Å². The number of nitrogens with one attached hydrogen (secondary N) is 1. The minimum absolute atomic E-state index is 0.00589. The van der Waals surface area contributed by atoms with Crippen molar-refractivity contribution >= 4 is 5.91 Å². The Morgan fingerprint density at radius 2 is 2.28 bits per heavy atom. The summed E-state index contributed by atoms with van der Waals surface area (Å²) in [4.78, 5) is 18.6. The van der Waals surface area contributed by atoms with Crippen molar-refractivity contribution in [3.63, 3.8) is 0 Å². The molecule has 1 fully saturated rings. The van der Waals surface area contributed by atoms with E-state index < -0.39 is 0 Å². The zero-order chi connectivity index (χ0) is 17.8. The van der Waals surface area contributed by atoms with E-state index in [-0.39, 0.29) is 24.5 Å². The molecule has 25 heavy (non-hydrogen) atoms. The van der Waals surface area contributed by atoms with Gasteiger partial charge in [0.15, 0.2) is 0 Å². The van der Waals surface area contributed by atoms with Crippen molar-refractivity contribution < 1.29 is 14.2 Å². The molecule has 3 rings (SSSR count). The maximum atomic E-state index is 12.3. The van der Waals surface area contributed by atoms with Crippen molar-refractivity contribution in [2.45, 2.75) is 32.4 Å². The molecule has 9 nitrogen and oxygen atoms in total. The lowest BCUT2D eigenvalue weighted by atomic mass is 10.0. The van der Waals surface area contributed by atoms with Gasteiger partial charge in [0.2, 0.25) is 5.91 Å². The van der Waals surface area contributed by atoms with Gasteiger partial charge in [-0.25, -0.2) is 9.61 Å². The third-order valence-electron chi connectivity index (χ3n) is 4.49. The fourth-order valence-corrected chi connectivity index (χ4v) is 3.06. The molecule has 0 unspecified atom stereocenters. The molecule has 0 spiro atoms. The molecule has 0 radical (unpaired) electrons. The summed E-state index contributed by atoms with van der Waals surface area (Å²) in [5.74, 6) is 0.123. The van der Waals surface area contributed by atoms with E-state index in [1.807, 2.05) is 36.6 Å². The van der Waals surface area contributed by atoms with Crippen LogP contribution in [0.2, 0.25) is 0 Å². The molecule has 0 aliphatic carbocycles. The van der Waals surface area contributed by atoms with Gasteiger partial charge in [0.05, 0.1) is 12.0 Å². The van der Waals surface area contributed by atoms with E-state index in [1.165, 1.54) is 0 Å². The van der Waals surface area contributed by atoms with Crippen molar-refractivity contribution in [1.82, 2.24) is 30.1 Å². The smallest absolute Gasteiger partial charge is 0.248 e. The minimum atomic E-state index is 0.00589. The van der Waals surface area contributed by atoms with Crippen LogP contribution >= 0.6 is 0 Å². The Bertz CT molecular complexity index is 712. The second kappa shape index (κ2) is 7.75. The number of rotatable bonds is 7. The fourth-order valence-electron chi connectivity index (χ4n) is 3.06. The molecule has 1 aliphatic rings. The van der Waals surface area contributed by atoms with Crippen LogP contribution in [-0.4, -0.2) is 63.0 Å². The molecule has 1 N–H and O–H groups in total. The summed E-state index contributed by atoms with van der Waals surface area (Å²) < 4.78 is 11.9. The number of carbonyl (C=O) groups is 1. The molecular weight excluding hydrogens is 324 g/mol. The fraction of sp³-hybridized carbons (Fsp3) is 0.625. The highest BCUT2D eigenvalue weighted by atomic mass is 16.6. The highest BCUT2D eigenvalue weighted by Crippen LogP contribution is 2.27. The summed E-state index contributed by atoms with van der Waals surface area (Å²) in [6.45, 7) is 6.15. The molecule has 136 valence electrons. The Hall–Kier alpha value is -2.26. The molecule has 2 aromatic heterocycles. The summed E-state index contributed by atoms with van der Waals surface area (Å²) in [5.41, 5.74) is 2.52. The first-order valence-electron chi connectivity index (χ1n) is 8.43. The van der Waals surface area contributed by atoms with Crippen molar-refractivity contribution in [2.24, 2.45) is 7.05 Å². The number of aryl methyl sites for hydroxylation is 2. The maximum Gasteiger partial charge on any atom is 0.248 e. The lowest BCUT2D eigenvalue weighted by Crippen LogP contribution is -2.37. The second-order valence-corrected chi connectivity index (χ2v) is 6.29. The van der Waals surface area contributed by atoms with Crippen LogP contribution in [0.3, 0.4) is 0 Å². The van der Waals surface area contributed by atoms with E-state index in [0.717, 1.165) is 17.1 Å². The van der Waals surface area contributed by atoms with Gasteiger partial charge in [-0.2, -0.15) is 0 Å². The normalized spacial score (nSPS) is 20.4. The predicted octanol–water partition coefficient (Wildman–Crippen LogP) is 0.232. The van der Waals surface area contributed by atoms with Gasteiger partial charge in [0.25, 0.3) is 0 Å². The molecule has 1 aliphatic heterocycles. The van der Waals surface area contributed by atoms with Crippen molar-refractivity contribution in [1.29, 1.82) is 0 Å². The average molecular weight is 348 g/mol. The molecule has 2 atom stereocenters. The first-order chi connectivity index (χ1) is 12.1. The van der Waals surface area contributed by atoms with Crippen LogP contribution in [0, 0.1) is 6.92 Å². The third-order valence-corrected chi connectivity index (χ3v) is 4.49. The van der Waals surface area contributed by atoms with E-state index >= 15 is 0 Å². The Morgan fingerprint density at radius 3 is 2.92 bits per heavy atom. The highest BCUT2D eigenvalue weighted by Gasteiger charge is 2.37. The highest BCUT2D eigenvalue weighted by molar-refractivity contribution is 5.78. The van der Waals surface area contributed by atoms with E-state index in [4.69, 9.17) is 9.37 Å². The molecule has 3 heterocycles. The van der Waals surface area contributed by atoms with Crippen LogP contribution in [0.1, 0.15) is 29.9 Å². The topological polar surface area (TPSA) is 98.3 Å². The van der Waals surface area contributed by atoms with E-state index in [0.29, 0.717) is 26.2 Å². The molecule has 0 aromatic carbocycles. The lowest BCUT2D eigenvalue weighted by Gasteiger charge is -2.17. The number of amides is 1. The number of likely N-dealkylation sites (tertiary alicyclic amines) is 1. The summed E-state index contributed by atoms with van der Waals surface area (Å²) in [6, 6.07) is 0.0802. The van der Waals surface area contributed by atoms with Gasteiger partial charge >= 0.3 is 0 Å². The van der Waals surface area contributed by atoms with Crippen molar-refractivity contribution in [3.05, 3.63) is 29.6 Å². The number of nitrogens with zero attached hydrogens (tertiary/aromatic N) is 5. The summed E-state index contributed by atoms with van der Waals surface area (Å²) in [7, 11) is 1.94. The Balaban J connectivity index is 1.70. The summed E-state index contributed by atoms with van der Waals surface area (Å²) in [5, 5.41) is 11.2. The number of aromatic nitrogens is 4. The predicted molar refractivity (Wildman–Crippen MR) is 88.7 cm³/mol. The van der Waals surface area contributed by atoms with Crippen LogP contribution in [0.4, 0.5) is 0 Å². The van der Waals surface area contributed by atoms with Crippen LogP contribution in [-0.2, 0) is 23.1 Å². The van der Waals surface area contributed by atoms with Gasteiger partial charge < -0.3 is 19.5 Å². The molecule has 2 aromatic rings. The minimum Gasteiger partial charge on any atom is -0.372 e. The summed E-state index contributed by atoms with van der Waals surface area (Å²) >= 11 is 0. The number of hydrogen-bond donors (Lipinski definition) is 1. The number of ether oxygens (including phenoxy) is 1. The van der Waals surface area contributed by atoms with Crippen molar-refractivity contribution in [2.75, 3.05) is 26.3 Å². The maximum absolute atomic E-state index is 12.3. The number of hydrogen-bond acceptors (Lipinski definition) is 7. The molecular formula is C16H24N6O3. The Kier molecular flexibility index (Phi) is 5.44. The second-order valence-electron chi connectivity index (χ2n) is 6.29. The summed E-state index contributed by atoms with van der Waals surface area (Å²) in [6.07, 6.45) is 3.78. The van der Waals surface area contributed by atoms with Gasteiger partial charge in [-0.3, -0.25) is 4.79 Å². The quantitative estimate of drug-likeness (QED) is 0.765. The van der Waals surface area contributed by atoms with Gasteiger partial charge in [-0.1, -0.05) is 10.3 Å². The van der Waals surface area contributed by atoms with E-state index in [1.54, 1.807) is 6.33 Å². The first kappa shape index (κ1) is 17.6. The lowest BCUT2D eigenvalue weighted by molar-refractivity contribution is -0.135. The van der Waals surface area contributed by atoms with Gasteiger partial charge in [-0.05, 0) is 13.8 Å². The Morgan fingerprint density at radius 1 is 1.44 bits per heavy atom. The standard InChI is InChI=1S/C16H24N6O3/c1-4-24-9-16(23)22-6-12(14-7-21(3)10-18-14)15(8-22)17-5-13-11(2)19-25-20-13/h7,10,12,15,17H,4-6,8-9H2,1-3H3/t12-,15+/m0/s1. The van der Waals surface area contributed by atoms with Crippen LogP contribution in [0.25, 0.3) is 0 Å². The third kappa shape index (κ3) is 4.05. The van der Waals surface area contributed by atoms with Crippen LogP contribution in [0.15, 0.2) is 17.2 Å². The largest absolute Gasteiger partial charge is 0.372 e. The molecule has 1 saturated heterocycles. The van der Waals surface area contributed by atoms with Gasteiger partial charge in [-0.15, -0.1) is 0 Å². The van der Waals surface area contributed by atoms with Crippen LogP contribution in [0.5, 0.6) is 0 Å². The number of carbonyl (C=O) groups excluding carboxylic acids is 1. The first-order valence-corrected chi connectivity index (χ1v) is 8.43. The molecule has 1 amide bonds. The average Bonchev–Trinajstić information content (AvgIpc) is 3.30. The van der Waals surface area contributed by atoms with Crippen molar-refractivity contribution in [3.8, 4) is 0 Å². The zero-order valence-electron chi connectivity index (χ0n) is 14.8. The SMILES string of the molecule is CCOCC(=O)N1C[C@@H](NCc2nonc2C)[C@H](c2cn(C)cn2)C1. The number of imidazole rings is 1. The van der Waals surface area contributed by atoms with E-state index in [9.17, 15) is 4.79 Å². The van der Waals surface area contributed by atoms with E-state index in [2.05, 4.69) is 20.6 Å². The molecule has 9 heteroatoms. The zero-order valence-corrected chi connectivity index (χ0v) is 14.8. The molecule has 0 bridgehead atoms.